The molecule has 0 aliphatic heterocycles. The minimum absolute atomic E-state index is 0.0431. The minimum atomic E-state index is -0.0431. The molecule has 1 N–H and O–H groups in total. The monoisotopic (exact) mass is 347 g/mol. The molecule has 2 aromatic heterocycles. The maximum Gasteiger partial charge on any atom is 0.236 e. The van der Waals surface area contributed by atoms with Crippen LogP contribution in [0.1, 0.15) is 22.6 Å². The Kier molecular flexibility index (Phi) is 4.68. The Balaban J connectivity index is 1.57. The van der Waals surface area contributed by atoms with Gasteiger partial charge in [-0.1, -0.05) is 28.6 Å². The van der Waals surface area contributed by atoms with Crippen molar-refractivity contribution >= 4 is 44.4 Å². The Morgan fingerprint density at radius 1 is 1.35 bits per heavy atom. The number of fused-ring (bicyclic) bond motifs is 1. The number of nitrogens with one attached hydrogen (secondary N) is 1. The van der Waals surface area contributed by atoms with Crippen LogP contribution in [0.15, 0.2) is 22.7 Å². The number of carbonyl (C=O) groups is 1. The number of hydrogen-bond acceptors (Lipinski definition) is 6. The zero-order chi connectivity index (χ0) is 16.4. The van der Waals surface area contributed by atoms with E-state index >= 15 is 0 Å². The normalized spacial score (nSPS) is 11.1. The molecule has 0 radical (unpaired) electrons. The summed E-state index contributed by atoms with van der Waals surface area (Å²) in [5, 5.41) is 7.44. The Morgan fingerprint density at radius 3 is 2.87 bits per heavy atom. The van der Waals surface area contributed by atoms with Gasteiger partial charge in [0, 0.05) is 11.3 Å². The molecular formula is C16H17N3O2S2. The Bertz CT molecular complexity index is 835. The van der Waals surface area contributed by atoms with Crippen LogP contribution in [0, 0.1) is 20.8 Å². The number of benzene rings is 1. The van der Waals surface area contributed by atoms with Crippen LogP contribution >= 0.6 is 23.1 Å². The fraction of sp³-hybridized carbons (Fsp3) is 0.312. The summed E-state index contributed by atoms with van der Waals surface area (Å²) < 4.78 is 6.21. The molecule has 0 aliphatic rings. The van der Waals surface area contributed by atoms with Gasteiger partial charge in [-0.3, -0.25) is 4.79 Å². The highest BCUT2D eigenvalue weighted by Gasteiger charge is 2.12. The topological polar surface area (TPSA) is 68.0 Å². The largest absolute Gasteiger partial charge is 0.361 e. The Hall–Kier alpha value is -1.86. The van der Waals surface area contributed by atoms with Crippen LogP contribution in [0.3, 0.4) is 0 Å². The summed E-state index contributed by atoms with van der Waals surface area (Å²) in [5.74, 6) is 1.86. The molecule has 3 aromatic rings. The van der Waals surface area contributed by atoms with Gasteiger partial charge in [0.05, 0.1) is 21.7 Å². The second-order valence-corrected chi connectivity index (χ2v) is 7.30. The van der Waals surface area contributed by atoms with Gasteiger partial charge in [-0.25, -0.2) is 4.98 Å². The number of amides is 1. The molecule has 7 heteroatoms. The van der Waals surface area contributed by atoms with Crippen LogP contribution < -0.4 is 5.32 Å². The van der Waals surface area contributed by atoms with Gasteiger partial charge in [-0.05, 0) is 32.4 Å². The molecule has 2 heterocycles. The average molecular weight is 347 g/mol. The molecule has 1 amide bonds. The average Bonchev–Trinajstić information content (AvgIpc) is 3.05. The van der Waals surface area contributed by atoms with Gasteiger partial charge in [-0.2, -0.15) is 0 Å². The number of rotatable bonds is 5. The third kappa shape index (κ3) is 3.56. The number of nitrogens with zero attached hydrogens (tertiary/aromatic N) is 2. The molecule has 0 bridgehead atoms. The number of aryl methyl sites for hydroxylation is 3. The fourth-order valence-corrected chi connectivity index (χ4v) is 4.18. The highest BCUT2D eigenvalue weighted by Crippen LogP contribution is 2.28. The van der Waals surface area contributed by atoms with Gasteiger partial charge in [0.25, 0.3) is 0 Å². The van der Waals surface area contributed by atoms with Crippen molar-refractivity contribution in [1.29, 1.82) is 0 Å². The molecule has 3 rings (SSSR count). The van der Waals surface area contributed by atoms with E-state index in [2.05, 4.69) is 15.5 Å². The van der Waals surface area contributed by atoms with Crippen molar-refractivity contribution in [2.24, 2.45) is 0 Å². The van der Waals surface area contributed by atoms with Crippen molar-refractivity contribution in [2.75, 3.05) is 11.1 Å². The van der Waals surface area contributed by atoms with Crippen LogP contribution in [0.5, 0.6) is 0 Å². The first kappa shape index (κ1) is 16.0. The second-order valence-electron chi connectivity index (χ2n) is 5.28. The molecular weight excluding hydrogens is 330 g/mol. The number of anilines is 1. The van der Waals surface area contributed by atoms with Crippen LogP contribution in [-0.2, 0) is 10.5 Å². The van der Waals surface area contributed by atoms with Gasteiger partial charge in [0.2, 0.25) is 5.91 Å². The number of hydrogen-bond donors (Lipinski definition) is 1. The zero-order valence-corrected chi connectivity index (χ0v) is 14.8. The molecule has 5 nitrogen and oxygen atoms in total. The maximum absolute atomic E-state index is 12.1. The molecule has 0 spiro atoms. The van der Waals surface area contributed by atoms with Crippen molar-refractivity contribution in [2.45, 2.75) is 26.5 Å². The van der Waals surface area contributed by atoms with E-state index in [0.717, 1.165) is 32.8 Å². The molecule has 0 aliphatic carbocycles. The van der Waals surface area contributed by atoms with E-state index in [4.69, 9.17) is 4.52 Å². The standard InChI is InChI=1S/C16H17N3O2S2/c1-9-5-4-6-13-15(9)18-16(23-13)17-14(20)8-22-7-12-10(2)19-21-11(12)3/h4-6H,7-8H2,1-3H3,(H,17,18,20). The lowest BCUT2D eigenvalue weighted by molar-refractivity contribution is -0.113. The minimum Gasteiger partial charge on any atom is -0.361 e. The van der Waals surface area contributed by atoms with Crippen molar-refractivity contribution in [3.05, 3.63) is 40.8 Å². The molecule has 23 heavy (non-hydrogen) atoms. The van der Waals surface area contributed by atoms with Crippen LogP contribution in [-0.4, -0.2) is 21.8 Å². The predicted molar refractivity (Wildman–Crippen MR) is 95.1 cm³/mol. The van der Waals surface area contributed by atoms with Gasteiger partial charge in [-0.15, -0.1) is 11.8 Å². The van der Waals surface area contributed by atoms with Crippen molar-refractivity contribution in [3.8, 4) is 0 Å². The number of carbonyl (C=O) groups excluding carboxylic acids is 1. The molecule has 0 saturated heterocycles. The first-order chi connectivity index (χ1) is 11.0. The van der Waals surface area contributed by atoms with Crippen LogP contribution in [0.2, 0.25) is 0 Å². The van der Waals surface area contributed by atoms with Gasteiger partial charge in [0.1, 0.15) is 5.76 Å². The number of aromatic nitrogens is 2. The molecule has 0 fully saturated rings. The summed E-state index contributed by atoms with van der Waals surface area (Å²) in [6, 6.07) is 6.04. The highest BCUT2D eigenvalue weighted by molar-refractivity contribution is 7.99. The molecule has 0 saturated carbocycles. The fourth-order valence-electron chi connectivity index (χ4n) is 2.25. The Labute approximate surface area is 142 Å². The first-order valence-corrected chi connectivity index (χ1v) is 9.17. The molecule has 1 aromatic carbocycles. The smallest absolute Gasteiger partial charge is 0.236 e. The molecule has 0 atom stereocenters. The van der Waals surface area contributed by atoms with Crippen LogP contribution in [0.4, 0.5) is 5.13 Å². The van der Waals surface area contributed by atoms with E-state index in [1.54, 1.807) is 11.8 Å². The number of para-hydroxylation sites is 1. The third-order valence-corrected chi connectivity index (χ3v) is 5.42. The van der Waals surface area contributed by atoms with E-state index in [-0.39, 0.29) is 5.91 Å². The van der Waals surface area contributed by atoms with Gasteiger partial charge >= 0.3 is 0 Å². The SMILES string of the molecule is Cc1noc(C)c1CSCC(=O)Nc1nc2c(C)cccc2s1. The maximum atomic E-state index is 12.1. The van der Waals surface area contributed by atoms with Gasteiger partial charge < -0.3 is 9.84 Å². The van der Waals surface area contributed by atoms with Crippen molar-refractivity contribution in [3.63, 3.8) is 0 Å². The summed E-state index contributed by atoms with van der Waals surface area (Å²) in [5.41, 5.74) is 4.03. The van der Waals surface area contributed by atoms with Crippen LogP contribution in [0.25, 0.3) is 10.2 Å². The van der Waals surface area contributed by atoms with E-state index in [0.29, 0.717) is 16.6 Å². The summed E-state index contributed by atoms with van der Waals surface area (Å²) in [6.45, 7) is 5.82. The number of thioether (sulfide) groups is 1. The predicted octanol–water partition coefficient (Wildman–Crippen LogP) is 4.08. The number of thiazole rings is 1. The summed E-state index contributed by atoms with van der Waals surface area (Å²) in [6.07, 6.45) is 0. The van der Waals surface area contributed by atoms with E-state index in [1.165, 1.54) is 11.3 Å². The van der Waals surface area contributed by atoms with E-state index in [1.807, 2.05) is 39.0 Å². The Morgan fingerprint density at radius 2 is 2.17 bits per heavy atom. The lowest BCUT2D eigenvalue weighted by Gasteiger charge is -2.02. The third-order valence-electron chi connectivity index (χ3n) is 3.53. The molecule has 0 unspecified atom stereocenters. The van der Waals surface area contributed by atoms with Gasteiger partial charge in [0.15, 0.2) is 5.13 Å². The van der Waals surface area contributed by atoms with E-state index in [9.17, 15) is 4.79 Å². The first-order valence-electron chi connectivity index (χ1n) is 7.20. The summed E-state index contributed by atoms with van der Waals surface area (Å²) in [4.78, 5) is 16.6. The molecule has 120 valence electrons. The second kappa shape index (κ2) is 6.72. The highest BCUT2D eigenvalue weighted by atomic mass is 32.2. The summed E-state index contributed by atoms with van der Waals surface area (Å²) in [7, 11) is 0. The van der Waals surface area contributed by atoms with Crippen molar-refractivity contribution < 1.29 is 9.32 Å². The quantitative estimate of drug-likeness (QED) is 0.753. The van der Waals surface area contributed by atoms with Crippen molar-refractivity contribution in [1.82, 2.24) is 10.1 Å². The lowest BCUT2D eigenvalue weighted by Crippen LogP contribution is -2.14. The summed E-state index contributed by atoms with van der Waals surface area (Å²) >= 11 is 3.04. The lowest BCUT2D eigenvalue weighted by atomic mass is 10.2. The van der Waals surface area contributed by atoms with E-state index < -0.39 is 0 Å². The zero-order valence-electron chi connectivity index (χ0n) is 13.2.